The molecular formula is C36H37N3O3. The lowest BCUT2D eigenvalue weighted by Gasteiger charge is -2.24. The third kappa shape index (κ3) is 6.84. The van der Waals surface area contributed by atoms with Gasteiger partial charge in [0, 0.05) is 31.7 Å². The fourth-order valence-corrected chi connectivity index (χ4v) is 5.30. The van der Waals surface area contributed by atoms with Crippen LogP contribution in [-0.4, -0.2) is 27.8 Å². The van der Waals surface area contributed by atoms with Gasteiger partial charge in [0.15, 0.2) is 11.5 Å². The van der Waals surface area contributed by atoms with Crippen LogP contribution >= 0.6 is 0 Å². The first-order valence-electron chi connectivity index (χ1n) is 14.8. The molecule has 0 fully saturated rings. The van der Waals surface area contributed by atoms with Crippen molar-refractivity contribution in [1.29, 1.82) is 0 Å². The van der Waals surface area contributed by atoms with Gasteiger partial charge in [-0.1, -0.05) is 80.1 Å². The first-order chi connectivity index (χ1) is 20.7. The molecule has 1 aliphatic rings. The molecule has 42 heavy (non-hydrogen) atoms. The van der Waals surface area contributed by atoms with Gasteiger partial charge in [-0.05, 0) is 60.4 Å². The van der Waals surface area contributed by atoms with Gasteiger partial charge in [-0.2, -0.15) is 0 Å². The van der Waals surface area contributed by atoms with Crippen molar-refractivity contribution in [2.45, 2.75) is 45.8 Å². The zero-order chi connectivity index (χ0) is 28.6. The Bertz CT molecular complexity index is 1570. The number of benzene rings is 4. The van der Waals surface area contributed by atoms with E-state index in [4.69, 9.17) is 19.2 Å². The SMILES string of the molecule is CCCCn1c(CN(CCc2ccc(Oc3ccccc3)cc2)Cc2ccc3c(c2)OCO3)cnc1-c1ccccc1. The molecule has 214 valence electrons. The van der Waals surface area contributed by atoms with Crippen LogP contribution in [0.1, 0.15) is 36.6 Å². The van der Waals surface area contributed by atoms with Crippen LogP contribution < -0.4 is 14.2 Å². The van der Waals surface area contributed by atoms with Crippen LogP contribution in [0.3, 0.4) is 0 Å². The van der Waals surface area contributed by atoms with E-state index in [0.29, 0.717) is 0 Å². The van der Waals surface area contributed by atoms with Crippen LogP contribution in [0.5, 0.6) is 23.0 Å². The first-order valence-corrected chi connectivity index (χ1v) is 14.8. The number of para-hydroxylation sites is 1. The van der Waals surface area contributed by atoms with Gasteiger partial charge >= 0.3 is 0 Å². The lowest BCUT2D eigenvalue weighted by molar-refractivity contribution is 0.174. The Morgan fingerprint density at radius 3 is 2.29 bits per heavy atom. The topological polar surface area (TPSA) is 48.8 Å². The molecular weight excluding hydrogens is 522 g/mol. The van der Waals surface area contributed by atoms with Gasteiger partial charge in [0.2, 0.25) is 6.79 Å². The molecule has 6 nitrogen and oxygen atoms in total. The molecule has 0 unspecified atom stereocenters. The normalized spacial score (nSPS) is 12.1. The molecule has 0 bridgehead atoms. The maximum absolute atomic E-state index is 6.00. The molecule has 0 amide bonds. The highest BCUT2D eigenvalue weighted by Crippen LogP contribution is 2.33. The molecule has 0 saturated heterocycles. The monoisotopic (exact) mass is 559 g/mol. The minimum absolute atomic E-state index is 0.283. The van der Waals surface area contributed by atoms with E-state index in [1.807, 2.05) is 36.4 Å². The van der Waals surface area contributed by atoms with E-state index in [2.05, 4.69) is 89.3 Å². The van der Waals surface area contributed by atoms with Crippen molar-refractivity contribution in [2.24, 2.45) is 0 Å². The number of hydrogen-bond donors (Lipinski definition) is 0. The maximum atomic E-state index is 6.00. The van der Waals surface area contributed by atoms with Gasteiger partial charge in [0.05, 0.1) is 11.9 Å². The molecule has 2 heterocycles. The molecule has 6 rings (SSSR count). The van der Waals surface area contributed by atoms with Crippen LogP contribution in [0.4, 0.5) is 0 Å². The smallest absolute Gasteiger partial charge is 0.231 e. The fraction of sp³-hybridized carbons (Fsp3) is 0.250. The average molecular weight is 560 g/mol. The Hall–Kier alpha value is -4.55. The minimum Gasteiger partial charge on any atom is -0.457 e. The van der Waals surface area contributed by atoms with E-state index in [1.54, 1.807) is 0 Å². The molecule has 6 heteroatoms. The van der Waals surface area contributed by atoms with Gasteiger partial charge in [-0.25, -0.2) is 4.98 Å². The lowest BCUT2D eigenvalue weighted by Crippen LogP contribution is -2.26. The average Bonchev–Trinajstić information content (AvgIpc) is 3.67. The van der Waals surface area contributed by atoms with E-state index in [1.165, 1.54) is 16.8 Å². The van der Waals surface area contributed by atoms with Crippen molar-refractivity contribution < 1.29 is 14.2 Å². The van der Waals surface area contributed by atoms with E-state index >= 15 is 0 Å². The van der Waals surface area contributed by atoms with Crippen LogP contribution in [-0.2, 0) is 26.1 Å². The molecule has 0 N–H and O–H groups in total. The highest BCUT2D eigenvalue weighted by atomic mass is 16.7. The predicted molar refractivity (Wildman–Crippen MR) is 166 cm³/mol. The fourth-order valence-electron chi connectivity index (χ4n) is 5.30. The van der Waals surface area contributed by atoms with Crippen molar-refractivity contribution in [2.75, 3.05) is 13.3 Å². The van der Waals surface area contributed by atoms with Gasteiger partial charge in [-0.15, -0.1) is 0 Å². The van der Waals surface area contributed by atoms with Crippen LogP contribution in [0.25, 0.3) is 11.4 Å². The quantitative estimate of drug-likeness (QED) is 0.146. The number of aromatic nitrogens is 2. The summed E-state index contributed by atoms with van der Waals surface area (Å²) in [6.45, 7) is 5.97. The number of rotatable bonds is 13. The third-order valence-electron chi connectivity index (χ3n) is 7.55. The van der Waals surface area contributed by atoms with Crippen LogP contribution in [0, 0.1) is 0 Å². The standard InChI is InChI=1S/C36H37N3O3/c1-2-3-21-39-31(24-37-36(39)30-10-6-4-7-11-30)26-38(25-29-16-19-34-35(23-29)41-27-40-34)22-20-28-14-17-33(18-15-28)42-32-12-8-5-9-13-32/h4-19,23-24H,2-3,20-22,25-27H2,1H3. The second-order valence-corrected chi connectivity index (χ2v) is 10.7. The summed E-state index contributed by atoms with van der Waals surface area (Å²) in [6.07, 6.45) is 5.23. The van der Waals surface area contributed by atoms with E-state index in [-0.39, 0.29) is 6.79 Å². The summed E-state index contributed by atoms with van der Waals surface area (Å²) in [4.78, 5) is 7.40. The van der Waals surface area contributed by atoms with Crippen molar-refractivity contribution in [3.05, 3.63) is 126 Å². The Labute approximate surface area is 248 Å². The van der Waals surface area contributed by atoms with Gasteiger partial charge in [0.1, 0.15) is 17.3 Å². The summed E-state index contributed by atoms with van der Waals surface area (Å²) in [6, 6.07) is 35.1. The highest BCUT2D eigenvalue weighted by molar-refractivity contribution is 5.56. The minimum atomic E-state index is 0.283. The third-order valence-corrected chi connectivity index (χ3v) is 7.55. The molecule has 5 aromatic rings. The molecule has 0 atom stereocenters. The zero-order valence-corrected chi connectivity index (χ0v) is 24.1. The summed E-state index contributed by atoms with van der Waals surface area (Å²) >= 11 is 0. The van der Waals surface area contributed by atoms with Gasteiger partial charge < -0.3 is 18.8 Å². The second kappa shape index (κ2) is 13.4. The van der Waals surface area contributed by atoms with Crippen LogP contribution in [0.2, 0.25) is 0 Å². The largest absolute Gasteiger partial charge is 0.457 e. The van der Waals surface area contributed by atoms with E-state index < -0.39 is 0 Å². The summed E-state index contributed by atoms with van der Waals surface area (Å²) < 4.78 is 19.6. The molecule has 4 aromatic carbocycles. The van der Waals surface area contributed by atoms with E-state index in [9.17, 15) is 0 Å². The van der Waals surface area contributed by atoms with Gasteiger partial charge in [0.25, 0.3) is 0 Å². The predicted octanol–water partition coefficient (Wildman–Crippen LogP) is 8.12. The number of nitrogens with zero attached hydrogens (tertiary/aromatic N) is 3. The number of fused-ring (bicyclic) bond motifs is 1. The van der Waals surface area contributed by atoms with Gasteiger partial charge in [-0.3, -0.25) is 4.90 Å². The summed E-state index contributed by atoms with van der Waals surface area (Å²) in [7, 11) is 0. The maximum Gasteiger partial charge on any atom is 0.231 e. The summed E-state index contributed by atoms with van der Waals surface area (Å²) in [5, 5.41) is 0. The zero-order valence-electron chi connectivity index (χ0n) is 24.1. The van der Waals surface area contributed by atoms with Crippen molar-refractivity contribution in [3.8, 4) is 34.4 Å². The number of hydrogen-bond acceptors (Lipinski definition) is 5. The van der Waals surface area contributed by atoms with Crippen molar-refractivity contribution in [1.82, 2.24) is 14.5 Å². The Balaban J connectivity index is 1.21. The van der Waals surface area contributed by atoms with E-state index in [0.717, 1.165) is 79.8 Å². The molecule has 1 aromatic heterocycles. The Kier molecular flexibility index (Phi) is 8.81. The first kappa shape index (κ1) is 27.6. The molecule has 0 saturated carbocycles. The summed E-state index contributed by atoms with van der Waals surface area (Å²) in [5.74, 6) is 4.36. The van der Waals surface area contributed by atoms with Crippen molar-refractivity contribution >= 4 is 0 Å². The molecule has 0 radical (unpaired) electrons. The second-order valence-electron chi connectivity index (χ2n) is 10.7. The number of unbranched alkanes of at least 4 members (excludes halogenated alkanes) is 1. The summed E-state index contributed by atoms with van der Waals surface area (Å²) in [5.41, 5.74) is 4.86. The van der Waals surface area contributed by atoms with Crippen molar-refractivity contribution in [3.63, 3.8) is 0 Å². The lowest BCUT2D eigenvalue weighted by atomic mass is 10.1. The number of imidazole rings is 1. The molecule has 1 aliphatic heterocycles. The van der Waals surface area contributed by atoms with Crippen LogP contribution in [0.15, 0.2) is 109 Å². The Morgan fingerprint density at radius 2 is 1.50 bits per heavy atom. The molecule has 0 spiro atoms. The molecule has 0 aliphatic carbocycles. The Morgan fingerprint density at radius 1 is 0.786 bits per heavy atom. The highest BCUT2D eigenvalue weighted by Gasteiger charge is 2.18. The number of ether oxygens (including phenoxy) is 3.